The number of nitrogens with zero attached hydrogens (tertiary/aromatic N) is 2. The summed E-state index contributed by atoms with van der Waals surface area (Å²) >= 11 is 0. The van der Waals surface area contributed by atoms with Crippen molar-refractivity contribution in [2.75, 3.05) is 20.2 Å². The molecule has 0 radical (unpaired) electrons. The molecule has 0 spiro atoms. The van der Waals surface area contributed by atoms with E-state index >= 15 is 0 Å². The molecule has 1 N–H and O–H groups in total. The van der Waals surface area contributed by atoms with Gasteiger partial charge in [-0.3, -0.25) is 9.69 Å². The number of aliphatic hydroxyl groups excluding tert-OH is 1. The minimum absolute atomic E-state index is 0.0912. The fraction of sp³-hybridized carbons (Fsp3) is 0.917. The summed E-state index contributed by atoms with van der Waals surface area (Å²) in [6.45, 7) is 5.23. The molecule has 0 aromatic rings. The summed E-state index contributed by atoms with van der Waals surface area (Å²) in [4.78, 5) is 16.4. The normalized spacial score (nSPS) is 30.9. The van der Waals surface area contributed by atoms with Crippen LogP contribution < -0.4 is 0 Å². The Balaban J connectivity index is 2.18. The Morgan fingerprint density at radius 1 is 1.44 bits per heavy atom. The molecule has 1 saturated heterocycles. The van der Waals surface area contributed by atoms with Crippen LogP contribution in [0.15, 0.2) is 0 Å². The van der Waals surface area contributed by atoms with Crippen molar-refractivity contribution in [1.29, 1.82) is 0 Å². The van der Waals surface area contributed by atoms with Crippen molar-refractivity contribution in [1.82, 2.24) is 9.80 Å². The van der Waals surface area contributed by atoms with Crippen LogP contribution in [0.25, 0.3) is 0 Å². The van der Waals surface area contributed by atoms with Crippen molar-refractivity contribution in [3.05, 3.63) is 0 Å². The first-order valence-electron chi connectivity index (χ1n) is 6.11. The summed E-state index contributed by atoms with van der Waals surface area (Å²) in [5.74, 6) is 0.164. The Bertz CT molecular complexity index is 287. The molecule has 2 rings (SSSR count). The summed E-state index contributed by atoms with van der Waals surface area (Å²) in [5.41, 5.74) is -0.0916. The monoisotopic (exact) mass is 226 g/mol. The van der Waals surface area contributed by atoms with Crippen LogP contribution in [-0.4, -0.2) is 58.6 Å². The quantitative estimate of drug-likeness (QED) is 0.760. The van der Waals surface area contributed by atoms with E-state index < -0.39 is 0 Å². The van der Waals surface area contributed by atoms with Gasteiger partial charge in [0.05, 0.1) is 6.04 Å². The van der Waals surface area contributed by atoms with Crippen LogP contribution >= 0.6 is 0 Å². The molecule has 0 aromatic heterocycles. The van der Waals surface area contributed by atoms with Crippen molar-refractivity contribution in [2.45, 2.75) is 50.7 Å². The topological polar surface area (TPSA) is 43.8 Å². The van der Waals surface area contributed by atoms with Crippen LogP contribution in [0.1, 0.15) is 33.1 Å². The number of aliphatic hydroxyl groups is 1. The van der Waals surface area contributed by atoms with Crippen LogP contribution in [0.4, 0.5) is 0 Å². The molecule has 0 bridgehead atoms. The number of rotatable bonds is 3. The predicted molar refractivity (Wildman–Crippen MR) is 62.1 cm³/mol. The minimum atomic E-state index is -0.101. The number of hydrogen-bond acceptors (Lipinski definition) is 3. The van der Waals surface area contributed by atoms with E-state index in [0.717, 1.165) is 6.54 Å². The molecule has 1 aliphatic carbocycles. The van der Waals surface area contributed by atoms with Crippen molar-refractivity contribution in [3.63, 3.8) is 0 Å². The maximum atomic E-state index is 12.2. The zero-order valence-electron chi connectivity index (χ0n) is 10.4. The fourth-order valence-electron chi connectivity index (χ4n) is 2.53. The molecule has 1 unspecified atom stereocenters. The highest BCUT2D eigenvalue weighted by atomic mass is 16.3. The molecule has 2 fully saturated rings. The minimum Gasteiger partial charge on any atom is -0.396 e. The van der Waals surface area contributed by atoms with Gasteiger partial charge in [0, 0.05) is 31.8 Å². The molecule has 2 aliphatic rings. The van der Waals surface area contributed by atoms with Crippen molar-refractivity contribution in [2.24, 2.45) is 0 Å². The molecule has 92 valence electrons. The number of hydrogen-bond donors (Lipinski definition) is 1. The molecule has 1 heterocycles. The summed E-state index contributed by atoms with van der Waals surface area (Å²) in [5, 5.41) is 9.08. The molecule has 1 amide bonds. The number of piperazine rings is 1. The van der Waals surface area contributed by atoms with Gasteiger partial charge >= 0.3 is 0 Å². The van der Waals surface area contributed by atoms with E-state index in [0.29, 0.717) is 12.5 Å². The number of carbonyl (C=O) groups excluding carboxylic acids is 1. The van der Waals surface area contributed by atoms with Gasteiger partial charge in [0.1, 0.15) is 0 Å². The number of carbonyl (C=O) groups is 1. The third kappa shape index (κ3) is 1.96. The van der Waals surface area contributed by atoms with E-state index in [4.69, 9.17) is 5.11 Å². The lowest BCUT2D eigenvalue weighted by atomic mass is 9.94. The van der Waals surface area contributed by atoms with E-state index in [1.165, 1.54) is 12.8 Å². The Labute approximate surface area is 97.2 Å². The molecule has 4 nitrogen and oxygen atoms in total. The second kappa shape index (κ2) is 4.00. The van der Waals surface area contributed by atoms with E-state index in [1.54, 1.807) is 0 Å². The van der Waals surface area contributed by atoms with E-state index in [-0.39, 0.29) is 24.1 Å². The standard InChI is InChI=1S/C12H22N2O2/c1-12(2)8-14(9-4-5-9)10(6-7-15)11(16)13(12)3/h9-10,15H,4-8H2,1-3H3. The highest BCUT2D eigenvalue weighted by Gasteiger charge is 2.47. The smallest absolute Gasteiger partial charge is 0.240 e. The Morgan fingerprint density at radius 3 is 2.56 bits per heavy atom. The van der Waals surface area contributed by atoms with Crippen molar-refractivity contribution in [3.8, 4) is 0 Å². The van der Waals surface area contributed by atoms with Gasteiger partial charge in [-0.05, 0) is 33.1 Å². The molecule has 16 heavy (non-hydrogen) atoms. The Morgan fingerprint density at radius 2 is 2.06 bits per heavy atom. The highest BCUT2D eigenvalue weighted by Crippen LogP contribution is 2.35. The fourth-order valence-corrected chi connectivity index (χ4v) is 2.53. The average molecular weight is 226 g/mol. The largest absolute Gasteiger partial charge is 0.396 e. The van der Waals surface area contributed by atoms with Gasteiger partial charge in [0.25, 0.3) is 0 Å². The van der Waals surface area contributed by atoms with E-state index in [1.807, 2.05) is 11.9 Å². The van der Waals surface area contributed by atoms with Crippen LogP contribution in [0.2, 0.25) is 0 Å². The maximum absolute atomic E-state index is 12.2. The lowest BCUT2D eigenvalue weighted by Gasteiger charge is -2.49. The average Bonchev–Trinajstić information content (AvgIpc) is 3.03. The van der Waals surface area contributed by atoms with Gasteiger partial charge in [0.15, 0.2) is 0 Å². The molecule has 1 saturated carbocycles. The Kier molecular flexibility index (Phi) is 2.97. The third-order valence-electron chi connectivity index (χ3n) is 3.91. The zero-order valence-corrected chi connectivity index (χ0v) is 10.4. The zero-order chi connectivity index (χ0) is 11.9. The van der Waals surface area contributed by atoms with E-state index in [2.05, 4.69) is 18.7 Å². The van der Waals surface area contributed by atoms with Gasteiger partial charge in [-0.25, -0.2) is 0 Å². The Hall–Kier alpha value is -0.610. The highest BCUT2D eigenvalue weighted by molar-refractivity contribution is 5.83. The van der Waals surface area contributed by atoms with Gasteiger partial charge in [-0.15, -0.1) is 0 Å². The summed E-state index contributed by atoms with van der Waals surface area (Å²) in [7, 11) is 1.87. The maximum Gasteiger partial charge on any atom is 0.240 e. The first kappa shape index (κ1) is 11.9. The second-order valence-corrected chi connectivity index (χ2v) is 5.64. The van der Waals surface area contributed by atoms with Crippen LogP contribution in [0.3, 0.4) is 0 Å². The summed E-state index contributed by atoms with van der Waals surface area (Å²) in [6, 6.07) is 0.476. The van der Waals surface area contributed by atoms with Crippen LogP contribution in [-0.2, 0) is 4.79 Å². The molecule has 1 atom stereocenters. The predicted octanol–water partition coefficient (Wildman–Crippen LogP) is 0.452. The van der Waals surface area contributed by atoms with Crippen molar-refractivity contribution >= 4 is 5.91 Å². The molecule has 4 heteroatoms. The van der Waals surface area contributed by atoms with Gasteiger partial charge in [-0.1, -0.05) is 0 Å². The lowest BCUT2D eigenvalue weighted by molar-refractivity contribution is -0.150. The number of amides is 1. The third-order valence-corrected chi connectivity index (χ3v) is 3.91. The van der Waals surface area contributed by atoms with Gasteiger partial charge in [-0.2, -0.15) is 0 Å². The lowest BCUT2D eigenvalue weighted by Crippen LogP contribution is -2.65. The first-order chi connectivity index (χ1) is 7.47. The van der Waals surface area contributed by atoms with Crippen LogP contribution in [0.5, 0.6) is 0 Å². The molecule has 1 aliphatic heterocycles. The molecular weight excluding hydrogens is 204 g/mol. The van der Waals surface area contributed by atoms with Crippen molar-refractivity contribution < 1.29 is 9.90 Å². The first-order valence-corrected chi connectivity index (χ1v) is 6.11. The summed E-state index contributed by atoms with van der Waals surface area (Å²) in [6.07, 6.45) is 2.97. The van der Waals surface area contributed by atoms with Gasteiger partial charge in [0.2, 0.25) is 5.91 Å². The number of likely N-dealkylation sites (N-methyl/N-ethyl adjacent to an activating group) is 1. The van der Waals surface area contributed by atoms with Gasteiger partial charge < -0.3 is 10.0 Å². The van der Waals surface area contributed by atoms with Crippen LogP contribution in [0, 0.1) is 0 Å². The molecular formula is C12H22N2O2. The van der Waals surface area contributed by atoms with E-state index in [9.17, 15) is 4.79 Å². The SMILES string of the molecule is CN1C(=O)C(CCO)N(C2CC2)CC1(C)C. The molecule has 0 aromatic carbocycles. The second-order valence-electron chi connectivity index (χ2n) is 5.64. The summed E-state index contributed by atoms with van der Waals surface area (Å²) < 4.78 is 0.